The minimum atomic E-state index is -5.81. The first-order chi connectivity index (χ1) is 15.6. The SMILES string of the molecule is COC(=O)C(C)(C)CN(c1cc(C2=NOC3(CCCCC3)C2)c(C)cc1C)S(=O)(=O)C(F)(F)F. The second kappa shape index (κ2) is 9.05. The number of carbonyl (C=O) groups excluding carboxylic acids is 1. The Labute approximate surface area is 198 Å². The number of carbonyl (C=O) groups is 1. The van der Waals surface area contributed by atoms with Gasteiger partial charge in [0.15, 0.2) is 0 Å². The first kappa shape index (κ1) is 26.3. The normalized spacial score (nSPS) is 18.4. The van der Waals surface area contributed by atoms with Crippen LogP contribution in [0.4, 0.5) is 18.9 Å². The summed E-state index contributed by atoms with van der Waals surface area (Å²) in [6.07, 6.45) is 5.35. The van der Waals surface area contributed by atoms with Gasteiger partial charge >= 0.3 is 21.5 Å². The van der Waals surface area contributed by atoms with E-state index >= 15 is 0 Å². The number of benzene rings is 1. The Hall–Kier alpha value is -2.30. The van der Waals surface area contributed by atoms with Crippen molar-refractivity contribution in [2.45, 2.75) is 77.3 Å². The van der Waals surface area contributed by atoms with Crippen LogP contribution in [0.5, 0.6) is 0 Å². The van der Waals surface area contributed by atoms with Gasteiger partial charge in [-0.05, 0) is 70.6 Å². The predicted molar refractivity (Wildman–Crippen MR) is 122 cm³/mol. The average molecular weight is 505 g/mol. The third kappa shape index (κ3) is 4.89. The zero-order valence-corrected chi connectivity index (χ0v) is 20.9. The number of anilines is 1. The zero-order valence-electron chi connectivity index (χ0n) is 20.1. The van der Waals surface area contributed by atoms with E-state index in [2.05, 4.69) is 5.16 Å². The summed E-state index contributed by atoms with van der Waals surface area (Å²) in [6.45, 7) is 5.25. The van der Waals surface area contributed by atoms with E-state index < -0.39 is 39.1 Å². The standard InChI is InChI=1S/C23H31F3N2O5S/c1-15-11-16(2)19(12-17(15)18-13-22(33-27-18)9-7-6-8-10-22)28(34(30,31)23(24,25)26)14-21(3,4)20(29)32-5/h11-12H,6-10,13-14H2,1-5H3. The van der Waals surface area contributed by atoms with Gasteiger partial charge in [0.05, 0.1) is 30.5 Å². The van der Waals surface area contributed by atoms with Crippen LogP contribution in [-0.2, 0) is 24.4 Å². The van der Waals surface area contributed by atoms with Crippen LogP contribution in [0.15, 0.2) is 17.3 Å². The number of hydrogen-bond donors (Lipinski definition) is 0. The lowest BCUT2D eigenvalue weighted by Crippen LogP contribution is -2.48. The molecule has 0 radical (unpaired) electrons. The molecule has 1 heterocycles. The van der Waals surface area contributed by atoms with Gasteiger partial charge in [0, 0.05) is 12.0 Å². The maximum absolute atomic E-state index is 13.7. The number of methoxy groups -OCH3 is 1. The van der Waals surface area contributed by atoms with E-state index in [0.29, 0.717) is 23.3 Å². The molecule has 1 aromatic carbocycles. The lowest BCUT2D eigenvalue weighted by atomic mass is 9.80. The van der Waals surface area contributed by atoms with Gasteiger partial charge in [0.25, 0.3) is 0 Å². The Morgan fingerprint density at radius 3 is 2.32 bits per heavy atom. The smallest absolute Gasteiger partial charge is 0.469 e. The summed E-state index contributed by atoms with van der Waals surface area (Å²) < 4.78 is 71.3. The fourth-order valence-electron chi connectivity index (χ4n) is 4.68. The van der Waals surface area contributed by atoms with Crippen molar-refractivity contribution in [2.24, 2.45) is 10.6 Å². The van der Waals surface area contributed by atoms with E-state index in [1.54, 1.807) is 13.0 Å². The Morgan fingerprint density at radius 2 is 1.76 bits per heavy atom. The number of hydrogen-bond acceptors (Lipinski definition) is 6. The summed E-state index contributed by atoms with van der Waals surface area (Å²) in [5.41, 5.74) is -5.49. The fraction of sp³-hybridized carbons (Fsp3) is 0.652. The van der Waals surface area contributed by atoms with Crippen LogP contribution in [0.3, 0.4) is 0 Å². The molecule has 1 spiro atoms. The van der Waals surface area contributed by atoms with Crippen LogP contribution >= 0.6 is 0 Å². The minimum absolute atomic E-state index is 0.165. The maximum Gasteiger partial charge on any atom is 0.516 e. The molecule has 2 aliphatic rings. The van der Waals surface area contributed by atoms with Gasteiger partial charge in [-0.2, -0.15) is 21.6 Å². The van der Waals surface area contributed by atoms with Gasteiger partial charge in [-0.25, -0.2) is 0 Å². The molecule has 1 saturated carbocycles. The van der Waals surface area contributed by atoms with Gasteiger partial charge in [0.1, 0.15) is 5.60 Å². The van der Waals surface area contributed by atoms with E-state index in [9.17, 15) is 26.4 Å². The van der Waals surface area contributed by atoms with Crippen LogP contribution in [0.25, 0.3) is 0 Å². The number of rotatable bonds is 6. The zero-order chi connectivity index (χ0) is 25.5. The summed E-state index contributed by atoms with van der Waals surface area (Å²) in [5, 5.41) is 4.25. The Bertz CT molecular complexity index is 1090. The van der Waals surface area contributed by atoms with Gasteiger partial charge in [-0.1, -0.05) is 17.6 Å². The quantitative estimate of drug-likeness (QED) is 0.510. The lowest BCUT2D eigenvalue weighted by Gasteiger charge is -2.33. The number of halogens is 3. The number of nitrogens with zero attached hydrogens (tertiary/aromatic N) is 2. The summed E-state index contributed by atoms with van der Waals surface area (Å²) in [5.74, 6) is -0.826. The highest BCUT2D eigenvalue weighted by molar-refractivity contribution is 7.93. The summed E-state index contributed by atoms with van der Waals surface area (Å²) in [6, 6.07) is 3.04. The number of ether oxygens (including phenoxy) is 1. The van der Waals surface area contributed by atoms with Gasteiger partial charge in [-0.3, -0.25) is 9.10 Å². The minimum Gasteiger partial charge on any atom is -0.469 e. The molecule has 1 aliphatic heterocycles. The largest absolute Gasteiger partial charge is 0.516 e. The molecule has 3 rings (SSSR count). The number of alkyl halides is 3. The van der Waals surface area contributed by atoms with Gasteiger partial charge in [0.2, 0.25) is 0 Å². The molecule has 0 unspecified atom stereocenters. The van der Waals surface area contributed by atoms with Gasteiger partial charge < -0.3 is 9.57 Å². The molecule has 11 heteroatoms. The summed E-state index contributed by atoms with van der Waals surface area (Å²) in [4.78, 5) is 18.0. The number of oxime groups is 1. The Balaban J connectivity index is 2.09. The average Bonchev–Trinajstić information content (AvgIpc) is 3.14. The Morgan fingerprint density at radius 1 is 1.15 bits per heavy atom. The molecule has 0 amide bonds. The summed E-state index contributed by atoms with van der Waals surface area (Å²) >= 11 is 0. The van der Waals surface area contributed by atoms with Crippen molar-refractivity contribution in [1.29, 1.82) is 0 Å². The van der Waals surface area contributed by atoms with Crippen LogP contribution in [0.2, 0.25) is 0 Å². The molecule has 190 valence electrons. The second-order valence-electron chi connectivity index (χ2n) is 9.84. The number of esters is 1. The van der Waals surface area contributed by atoms with E-state index in [4.69, 9.17) is 9.57 Å². The van der Waals surface area contributed by atoms with Crippen molar-refractivity contribution in [3.05, 3.63) is 28.8 Å². The first-order valence-electron chi connectivity index (χ1n) is 11.2. The van der Waals surface area contributed by atoms with E-state index in [1.165, 1.54) is 26.8 Å². The molecule has 7 nitrogen and oxygen atoms in total. The maximum atomic E-state index is 13.7. The molecule has 0 bridgehead atoms. The van der Waals surface area contributed by atoms with Crippen LogP contribution < -0.4 is 4.31 Å². The molecular weight excluding hydrogens is 473 g/mol. The third-order valence-corrected chi connectivity index (χ3v) is 8.08. The fourth-order valence-corrected chi connectivity index (χ4v) is 5.87. The van der Waals surface area contributed by atoms with Crippen molar-refractivity contribution in [3.8, 4) is 0 Å². The molecule has 0 aromatic heterocycles. The van der Waals surface area contributed by atoms with Crippen LogP contribution in [-0.4, -0.2) is 44.9 Å². The first-order valence-corrected chi connectivity index (χ1v) is 12.6. The van der Waals surface area contributed by atoms with Crippen molar-refractivity contribution in [1.82, 2.24) is 0 Å². The van der Waals surface area contributed by atoms with Crippen LogP contribution in [0, 0.1) is 19.3 Å². The summed E-state index contributed by atoms with van der Waals surface area (Å²) in [7, 11) is -4.72. The highest BCUT2D eigenvalue weighted by Crippen LogP contribution is 2.41. The monoisotopic (exact) mass is 504 g/mol. The van der Waals surface area contributed by atoms with Crippen molar-refractivity contribution in [3.63, 3.8) is 0 Å². The second-order valence-corrected chi connectivity index (χ2v) is 11.7. The van der Waals surface area contributed by atoms with Crippen molar-refractivity contribution in [2.75, 3.05) is 18.0 Å². The highest BCUT2D eigenvalue weighted by Gasteiger charge is 2.52. The lowest BCUT2D eigenvalue weighted by molar-refractivity contribution is -0.150. The number of sulfonamides is 1. The van der Waals surface area contributed by atoms with E-state index in [1.807, 2.05) is 0 Å². The van der Waals surface area contributed by atoms with Crippen molar-refractivity contribution < 1.29 is 36.0 Å². The van der Waals surface area contributed by atoms with E-state index in [-0.39, 0.29) is 9.99 Å². The van der Waals surface area contributed by atoms with Crippen molar-refractivity contribution >= 4 is 27.4 Å². The molecular formula is C23H31F3N2O5S. The third-order valence-electron chi connectivity index (χ3n) is 6.59. The molecule has 0 saturated heterocycles. The molecule has 0 N–H and O–H groups in total. The van der Waals surface area contributed by atoms with Crippen LogP contribution in [0.1, 0.15) is 69.1 Å². The predicted octanol–water partition coefficient (Wildman–Crippen LogP) is 4.99. The Kier molecular flexibility index (Phi) is 7.00. The molecule has 34 heavy (non-hydrogen) atoms. The van der Waals surface area contributed by atoms with E-state index in [0.717, 1.165) is 44.8 Å². The molecule has 0 atom stereocenters. The highest BCUT2D eigenvalue weighted by atomic mass is 32.2. The molecule has 1 fully saturated rings. The number of aryl methyl sites for hydroxylation is 2. The molecule has 1 aromatic rings. The van der Waals surface area contributed by atoms with Gasteiger partial charge in [-0.15, -0.1) is 0 Å². The molecule has 1 aliphatic carbocycles. The topological polar surface area (TPSA) is 85.3 Å².